The molecule has 6 rings (SSSR count). The Balaban J connectivity index is 1.64. The Morgan fingerprint density at radius 1 is 1.07 bits per heavy atom. The van der Waals surface area contributed by atoms with E-state index in [1.165, 1.54) is 48.5 Å². The number of para-hydroxylation sites is 1. The summed E-state index contributed by atoms with van der Waals surface area (Å²) in [7, 11) is 0. The van der Waals surface area contributed by atoms with Crippen molar-refractivity contribution in [1.82, 2.24) is 4.90 Å². The van der Waals surface area contributed by atoms with E-state index in [2.05, 4.69) is 5.32 Å². The zero-order chi connectivity index (χ0) is 28.6. The van der Waals surface area contributed by atoms with E-state index in [-0.39, 0.29) is 32.5 Å². The summed E-state index contributed by atoms with van der Waals surface area (Å²) in [6.07, 6.45) is -3.58. The SMILES string of the molecule is O=C(c1ccc(Cl)c(Cl)c1)C1C(c2cccc([N+](=O)[O-])c2)C2CCCN2[C@@]12C(=O)Nc1c(C(F)(F)F)cccc12. The van der Waals surface area contributed by atoms with Crippen LogP contribution >= 0.6 is 23.2 Å². The molecule has 206 valence electrons. The summed E-state index contributed by atoms with van der Waals surface area (Å²) < 4.78 is 42.2. The van der Waals surface area contributed by atoms with E-state index < -0.39 is 51.8 Å². The van der Waals surface area contributed by atoms with Crippen molar-refractivity contribution in [3.63, 3.8) is 0 Å². The van der Waals surface area contributed by atoms with Crippen LogP contribution in [0.2, 0.25) is 10.0 Å². The highest BCUT2D eigenvalue weighted by Gasteiger charge is 2.70. The Morgan fingerprint density at radius 3 is 2.52 bits per heavy atom. The van der Waals surface area contributed by atoms with Crippen molar-refractivity contribution < 1.29 is 27.7 Å². The van der Waals surface area contributed by atoms with Crippen LogP contribution in [0, 0.1) is 16.0 Å². The van der Waals surface area contributed by atoms with Gasteiger partial charge in [-0.3, -0.25) is 24.6 Å². The topological polar surface area (TPSA) is 92.5 Å². The van der Waals surface area contributed by atoms with Crippen LogP contribution in [0.15, 0.2) is 60.7 Å². The fraction of sp³-hybridized carbons (Fsp3) is 0.286. The minimum Gasteiger partial charge on any atom is -0.323 e. The van der Waals surface area contributed by atoms with E-state index in [0.29, 0.717) is 24.9 Å². The van der Waals surface area contributed by atoms with Crippen LogP contribution in [0.5, 0.6) is 0 Å². The van der Waals surface area contributed by atoms with Gasteiger partial charge in [0.05, 0.1) is 32.1 Å². The molecule has 1 amide bonds. The zero-order valence-electron chi connectivity index (χ0n) is 20.5. The normalized spacial score (nSPS) is 25.6. The number of nitrogens with one attached hydrogen (secondary N) is 1. The van der Waals surface area contributed by atoms with Crippen LogP contribution in [0.3, 0.4) is 0 Å². The molecule has 0 aromatic heterocycles. The number of alkyl halides is 3. The molecule has 12 heteroatoms. The third kappa shape index (κ3) is 3.77. The number of non-ortho nitro benzene ring substituents is 1. The third-order valence-electron chi connectivity index (χ3n) is 8.29. The van der Waals surface area contributed by atoms with Crippen molar-refractivity contribution in [2.75, 3.05) is 11.9 Å². The second-order valence-electron chi connectivity index (χ2n) is 10.2. The standard InChI is InChI=1S/C28H20Cl2F3N3O4/c29-19-10-9-15(13-20(19)30)25(37)23-22(14-4-1-5-16(12-14)36(39)40)21-8-3-11-35(21)27(23)17-6-2-7-18(28(31,32)33)24(17)34-26(27)38/h1-2,4-7,9-10,12-13,21-23H,3,8,11H2,(H,34,38)/t21?,22?,23?,27-/m1/s1. The third-order valence-corrected chi connectivity index (χ3v) is 9.03. The Hall–Kier alpha value is -3.47. The van der Waals surface area contributed by atoms with Gasteiger partial charge in [0.25, 0.3) is 5.69 Å². The highest BCUT2D eigenvalue weighted by molar-refractivity contribution is 6.42. The first kappa shape index (κ1) is 26.7. The Labute approximate surface area is 236 Å². The summed E-state index contributed by atoms with van der Waals surface area (Å²) >= 11 is 12.3. The largest absolute Gasteiger partial charge is 0.418 e. The second-order valence-corrected chi connectivity index (χ2v) is 11.0. The molecular formula is C28H20Cl2F3N3O4. The summed E-state index contributed by atoms with van der Waals surface area (Å²) in [5.74, 6) is -3.22. The van der Waals surface area contributed by atoms with Gasteiger partial charge in [-0.05, 0) is 49.2 Å². The van der Waals surface area contributed by atoms with Crippen molar-refractivity contribution in [2.24, 2.45) is 5.92 Å². The number of nitro benzene ring substituents is 1. The van der Waals surface area contributed by atoms with Gasteiger partial charge in [-0.15, -0.1) is 0 Å². The molecule has 7 nitrogen and oxygen atoms in total. The number of benzene rings is 3. The number of carbonyl (C=O) groups excluding carboxylic acids is 2. The molecule has 3 aromatic carbocycles. The quantitative estimate of drug-likeness (QED) is 0.204. The lowest BCUT2D eigenvalue weighted by atomic mass is 9.68. The first-order valence-corrected chi connectivity index (χ1v) is 13.2. The van der Waals surface area contributed by atoms with Crippen molar-refractivity contribution in [2.45, 2.75) is 36.5 Å². The Kier molecular flexibility index (Phi) is 6.21. The van der Waals surface area contributed by atoms with Gasteiger partial charge in [0, 0.05) is 35.2 Å². The van der Waals surface area contributed by atoms with Crippen molar-refractivity contribution in [3.05, 3.63) is 103 Å². The maximum Gasteiger partial charge on any atom is 0.418 e. The van der Waals surface area contributed by atoms with Crippen LogP contribution in [0.1, 0.15) is 45.8 Å². The van der Waals surface area contributed by atoms with Crippen LogP contribution < -0.4 is 5.32 Å². The molecule has 2 fully saturated rings. The van der Waals surface area contributed by atoms with E-state index in [4.69, 9.17) is 23.2 Å². The number of carbonyl (C=O) groups is 2. The van der Waals surface area contributed by atoms with Crippen molar-refractivity contribution >= 4 is 46.3 Å². The minimum atomic E-state index is -4.75. The Morgan fingerprint density at radius 2 is 1.82 bits per heavy atom. The fourth-order valence-electron chi connectivity index (χ4n) is 6.87. The lowest BCUT2D eigenvalue weighted by molar-refractivity contribution is -0.384. The monoisotopic (exact) mass is 589 g/mol. The number of amides is 1. The molecule has 1 spiro atoms. The van der Waals surface area contributed by atoms with Gasteiger partial charge in [-0.2, -0.15) is 13.2 Å². The van der Waals surface area contributed by atoms with E-state index in [1.54, 1.807) is 6.07 Å². The maximum absolute atomic E-state index is 14.5. The van der Waals surface area contributed by atoms with E-state index >= 15 is 0 Å². The first-order chi connectivity index (χ1) is 19.0. The number of hydrogen-bond acceptors (Lipinski definition) is 5. The number of rotatable bonds is 4. The molecule has 2 saturated heterocycles. The second kappa shape index (κ2) is 9.29. The number of Topliss-reactive ketones (excluding diaryl/α,β-unsaturated/α-hetero) is 1. The molecular weight excluding hydrogens is 570 g/mol. The van der Waals surface area contributed by atoms with E-state index in [9.17, 15) is 32.9 Å². The van der Waals surface area contributed by atoms with Gasteiger partial charge < -0.3 is 5.32 Å². The number of halogens is 5. The highest BCUT2D eigenvalue weighted by Crippen LogP contribution is 2.62. The van der Waals surface area contributed by atoms with E-state index in [0.717, 1.165) is 6.07 Å². The van der Waals surface area contributed by atoms with Crippen molar-refractivity contribution in [3.8, 4) is 0 Å². The van der Waals surface area contributed by atoms with E-state index in [1.807, 2.05) is 4.90 Å². The van der Waals surface area contributed by atoms with Gasteiger partial charge >= 0.3 is 6.18 Å². The number of fused-ring (bicyclic) bond motifs is 4. The Bertz CT molecular complexity index is 1600. The van der Waals surface area contributed by atoms with Crippen LogP contribution in [-0.4, -0.2) is 34.1 Å². The molecule has 3 unspecified atom stereocenters. The summed E-state index contributed by atoms with van der Waals surface area (Å²) in [5.41, 5.74) is -2.72. The summed E-state index contributed by atoms with van der Waals surface area (Å²) in [6.45, 7) is 0.352. The summed E-state index contributed by atoms with van der Waals surface area (Å²) in [5, 5.41) is 14.4. The molecule has 3 aromatic rings. The van der Waals surface area contributed by atoms with Gasteiger partial charge in [-0.25, -0.2) is 0 Å². The number of ketones is 1. The zero-order valence-corrected chi connectivity index (χ0v) is 22.1. The van der Waals surface area contributed by atoms with Crippen LogP contribution in [-0.2, 0) is 16.5 Å². The molecule has 40 heavy (non-hydrogen) atoms. The number of anilines is 1. The molecule has 3 aliphatic rings. The lowest BCUT2D eigenvalue weighted by Gasteiger charge is -2.37. The molecule has 3 aliphatic heterocycles. The lowest BCUT2D eigenvalue weighted by Crippen LogP contribution is -2.52. The molecule has 0 aliphatic carbocycles. The van der Waals surface area contributed by atoms with Crippen molar-refractivity contribution in [1.29, 1.82) is 0 Å². The predicted molar refractivity (Wildman–Crippen MR) is 142 cm³/mol. The summed E-state index contributed by atoms with van der Waals surface area (Å²) in [4.78, 5) is 41.4. The average molecular weight is 590 g/mol. The molecule has 0 radical (unpaired) electrons. The number of nitro groups is 1. The molecule has 1 N–H and O–H groups in total. The predicted octanol–water partition coefficient (Wildman–Crippen LogP) is 6.83. The van der Waals surface area contributed by atoms with Crippen LogP contribution in [0.25, 0.3) is 0 Å². The minimum absolute atomic E-state index is 0.0607. The van der Waals surface area contributed by atoms with Gasteiger partial charge in [0.15, 0.2) is 5.78 Å². The smallest absolute Gasteiger partial charge is 0.323 e. The summed E-state index contributed by atoms with van der Waals surface area (Å²) in [6, 6.07) is 13.2. The molecule has 0 bridgehead atoms. The fourth-order valence-corrected chi connectivity index (χ4v) is 7.17. The first-order valence-electron chi connectivity index (χ1n) is 12.5. The highest BCUT2D eigenvalue weighted by atomic mass is 35.5. The van der Waals surface area contributed by atoms with Gasteiger partial charge in [0.1, 0.15) is 5.54 Å². The molecule has 4 atom stereocenters. The molecule has 3 heterocycles. The number of hydrogen-bond donors (Lipinski definition) is 1. The average Bonchev–Trinajstić information content (AvgIpc) is 3.57. The van der Waals surface area contributed by atoms with Gasteiger partial charge in [0.2, 0.25) is 5.91 Å². The van der Waals surface area contributed by atoms with Gasteiger partial charge in [-0.1, -0.05) is 47.5 Å². The maximum atomic E-state index is 14.5. The van der Waals surface area contributed by atoms with Crippen LogP contribution in [0.4, 0.5) is 24.5 Å². The molecule has 0 saturated carbocycles. The number of nitrogens with zero attached hydrogens (tertiary/aromatic N) is 2.